The second kappa shape index (κ2) is 13.4. The van der Waals surface area contributed by atoms with E-state index in [1.54, 1.807) is 24.3 Å². The molecule has 0 aliphatic rings. The summed E-state index contributed by atoms with van der Waals surface area (Å²) in [5.74, 6) is -0.411. The average Bonchev–Trinajstić information content (AvgIpc) is 2.56. The number of hydrogen-bond donors (Lipinski definition) is 1. The zero-order valence-corrected chi connectivity index (χ0v) is 13.8. The number of carbonyl (C=O) groups is 2. The van der Waals surface area contributed by atoms with E-state index in [0.717, 1.165) is 12.8 Å². The largest absolute Gasteiger partial charge is 0.463 e. The molecule has 0 spiro atoms. The summed E-state index contributed by atoms with van der Waals surface area (Å²) < 4.78 is 9.24. The number of anilines is 1. The van der Waals surface area contributed by atoms with E-state index in [-0.39, 0.29) is 18.4 Å². The molecule has 1 aromatic carbocycles. The smallest absolute Gasteiger partial charge is 0.330 e. The van der Waals surface area contributed by atoms with Crippen LogP contribution < -0.4 is 5.73 Å². The van der Waals surface area contributed by atoms with Gasteiger partial charge in [0.25, 0.3) is 0 Å². The van der Waals surface area contributed by atoms with Crippen molar-refractivity contribution in [1.82, 2.24) is 0 Å². The third kappa shape index (κ3) is 11.0. The summed E-state index contributed by atoms with van der Waals surface area (Å²) in [6.07, 6.45) is 5.72. The minimum Gasteiger partial charge on any atom is -0.463 e. The van der Waals surface area contributed by atoms with Gasteiger partial charge in [0.05, 0.1) is 6.61 Å². The van der Waals surface area contributed by atoms with Gasteiger partial charge in [-0.3, -0.25) is 4.79 Å². The second-order valence-corrected chi connectivity index (χ2v) is 4.83. The van der Waals surface area contributed by atoms with Crippen molar-refractivity contribution in [2.24, 2.45) is 0 Å². The van der Waals surface area contributed by atoms with Gasteiger partial charge in [0, 0.05) is 17.3 Å². The molecule has 0 aliphatic heterocycles. The molecule has 0 fully saturated rings. The number of ketones is 1. The van der Waals surface area contributed by atoms with Gasteiger partial charge in [0.1, 0.15) is 0 Å². The molecule has 0 heterocycles. The Kier molecular flexibility index (Phi) is 12.1. The monoisotopic (exact) mass is 320 g/mol. The maximum atomic E-state index is 11.2. The van der Waals surface area contributed by atoms with Crippen molar-refractivity contribution in [2.45, 2.75) is 32.6 Å². The number of Topliss-reactive ketones (excluding diaryl/α,β-unsaturated/α-hetero) is 1. The van der Waals surface area contributed by atoms with E-state index in [0.29, 0.717) is 17.9 Å². The number of nitrogens with two attached hydrogens (primary N) is 1. The standard InChI is InChI=1S/C9H9NO2.C9H16O2/c1-12-6-9(11)7-2-4-8(10)5-3-7;1-3-5-6-7-8-11-9(10)4-2/h2-5H,1,6H2,(H-,10,11);4H,2-3,5-8H2,1H3/p+1. The zero-order valence-electron chi connectivity index (χ0n) is 13.8. The Bertz CT molecular complexity index is 468. The predicted octanol–water partition coefficient (Wildman–Crippen LogP) is 3.56. The Morgan fingerprint density at radius 3 is 2.39 bits per heavy atom. The average molecular weight is 320 g/mol. The normalized spacial score (nSPS) is 9.43. The van der Waals surface area contributed by atoms with Gasteiger partial charge in [0.2, 0.25) is 7.11 Å². The molecule has 0 unspecified atom stereocenters. The third-order valence-corrected chi connectivity index (χ3v) is 2.87. The van der Waals surface area contributed by atoms with Crippen molar-refractivity contribution in [3.63, 3.8) is 0 Å². The predicted molar refractivity (Wildman–Crippen MR) is 91.8 cm³/mol. The number of unbranched alkanes of at least 4 members (excludes halogenated alkanes) is 3. The highest BCUT2D eigenvalue weighted by atomic mass is 16.5. The number of rotatable bonds is 9. The van der Waals surface area contributed by atoms with Crippen molar-refractivity contribution in [3.05, 3.63) is 49.6 Å². The quantitative estimate of drug-likeness (QED) is 0.188. The second-order valence-electron chi connectivity index (χ2n) is 4.83. The molecular formula is C18H26NO4+. The van der Waals surface area contributed by atoms with Gasteiger partial charge in [-0.15, -0.1) is 0 Å². The molecule has 0 amide bonds. The number of nitrogen functional groups attached to an aromatic ring is 1. The van der Waals surface area contributed by atoms with Crippen molar-refractivity contribution >= 4 is 17.4 Å². The molecule has 0 aliphatic carbocycles. The molecule has 0 atom stereocenters. The Morgan fingerprint density at radius 1 is 1.22 bits per heavy atom. The molecular weight excluding hydrogens is 294 g/mol. The molecule has 126 valence electrons. The van der Waals surface area contributed by atoms with Crippen molar-refractivity contribution in [3.8, 4) is 0 Å². The molecule has 1 rings (SSSR count). The van der Waals surface area contributed by atoms with Crippen LogP contribution in [-0.4, -0.2) is 25.0 Å². The van der Waals surface area contributed by atoms with Gasteiger partial charge in [-0.05, 0) is 30.7 Å². The van der Waals surface area contributed by atoms with E-state index < -0.39 is 0 Å². The highest BCUT2D eigenvalue weighted by molar-refractivity contribution is 5.97. The minimum atomic E-state index is -0.318. The Labute approximate surface area is 138 Å². The summed E-state index contributed by atoms with van der Waals surface area (Å²) in [6, 6.07) is 6.68. The van der Waals surface area contributed by atoms with Gasteiger partial charge in [0.15, 0.2) is 12.4 Å². The van der Waals surface area contributed by atoms with Gasteiger partial charge in [-0.25, -0.2) is 4.79 Å². The Morgan fingerprint density at radius 2 is 1.87 bits per heavy atom. The maximum Gasteiger partial charge on any atom is 0.330 e. The number of esters is 1. The van der Waals surface area contributed by atoms with Crippen LogP contribution in [-0.2, 0) is 14.3 Å². The first kappa shape index (κ1) is 20.7. The fourth-order valence-electron chi connectivity index (χ4n) is 1.61. The molecule has 0 saturated heterocycles. The molecule has 2 N–H and O–H groups in total. The van der Waals surface area contributed by atoms with Gasteiger partial charge in [-0.2, -0.15) is 4.74 Å². The van der Waals surface area contributed by atoms with Crippen LogP contribution in [0.25, 0.3) is 0 Å². The van der Waals surface area contributed by atoms with Crippen LogP contribution in [0.15, 0.2) is 36.9 Å². The first-order valence-corrected chi connectivity index (χ1v) is 7.60. The topological polar surface area (TPSA) is 78.6 Å². The van der Waals surface area contributed by atoms with E-state index in [9.17, 15) is 9.59 Å². The first-order valence-electron chi connectivity index (χ1n) is 7.60. The van der Waals surface area contributed by atoms with Crippen LogP contribution in [0.3, 0.4) is 0 Å². The number of hydrogen-bond acceptors (Lipinski definition) is 5. The Balaban J connectivity index is 0.000000423. The number of ether oxygens (including phenoxy) is 2. The summed E-state index contributed by atoms with van der Waals surface area (Å²) in [7, 11) is 3.12. The SMILES string of the molecule is C=CC(=O)OCCCCCC.[CH2+]OCC(=O)c1ccc(N)cc1. The molecule has 0 radical (unpaired) electrons. The fourth-order valence-corrected chi connectivity index (χ4v) is 1.61. The van der Waals surface area contributed by atoms with E-state index >= 15 is 0 Å². The maximum absolute atomic E-state index is 11.2. The van der Waals surface area contributed by atoms with E-state index in [1.165, 1.54) is 18.9 Å². The van der Waals surface area contributed by atoms with Gasteiger partial charge < -0.3 is 10.5 Å². The molecule has 0 aromatic heterocycles. The van der Waals surface area contributed by atoms with Crippen LogP contribution in [0.1, 0.15) is 43.0 Å². The van der Waals surface area contributed by atoms with Crippen molar-refractivity contribution in [1.29, 1.82) is 0 Å². The van der Waals surface area contributed by atoms with Crippen LogP contribution in [0.4, 0.5) is 5.69 Å². The summed E-state index contributed by atoms with van der Waals surface area (Å²) in [4.78, 5) is 21.7. The lowest BCUT2D eigenvalue weighted by Crippen LogP contribution is -2.05. The van der Waals surface area contributed by atoms with Crippen LogP contribution in [0.5, 0.6) is 0 Å². The third-order valence-electron chi connectivity index (χ3n) is 2.87. The summed E-state index contributed by atoms with van der Waals surface area (Å²) in [6.45, 7) is 5.99. The molecule has 0 saturated carbocycles. The summed E-state index contributed by atoms with van der Waals surface area (Å²) in [5, 5.41) is 0. The molecule has 23 heavy (non-hydrogen) atoms. The van der Waals surface area contributed by atoms with Crippen LogP contribution >= 0.6 is 0 Å². The molecule has 1 aromatic rings. The summed E-state index contributed by atoms with van der Waals surface area (Å²) in [5.41, 5.74) is 6.68. The first-order chi connectivity index (χ1) is 11.0. The van der Waals surface area contributed by atoms with E-state index in [1.807, 2.05) is 0 Å². The highest BCUT2D eigenvalue weighted by Crippen LogP contribution is 2.06. The van der Waals surface area contributed by atoms with Crippen molar-refractivity contribution < 1.29 is 19.1 Å². The number of benzene rings is 1. The highest BCUT2D eigenvalue weighted by Gasteiger charge is 2.05. The Hall–Kier alpha value is -2.27. The zero-order chi connectivity index (χ0) is 17.5. The lowest BCUT2D eigenvalue weighted by atomic mass is 10.1. The van der Waals surface area contributed by atoms with Crippen LogP contribution in [0.2, 0.25) is 0 Å². The molecule has 5 nitrogen and oxygen atoms in total. The van der Waals surface area contributed by atoms with Gasteiger partial charge in [-0.1, -0.05) is 32.8 Å². The van der Waals surface area contributed by atoms with Crippen molar-refractivity contribution in [2.75, 3.05) is 18.9 Å². The molecule has 5 heteroatoms. The van der Waals surface area contributed by atoms with E-state index in [2.05, 4.69) is 25.3 Å². The fraction of sp³-hybridized carbons (Fsp3) is 0.389. The van der Waals surface area contributed by atoms with Gasteiger partial charge >= 0.3 is 5.97 Å². The number of carbonyl (C=O) groups excluding carboxylic acids is 2. The lowest BCUT2D eigenvalue weighted by molar-refractivity contribution is -0.137. The summed E-state index contributed by atoms with van der Waals surface area (Å²) >= 11 is 0. The minimum absolute atomic E-state index is 0.00389. The molecule has 0 bridgehead atoms. The lowest BCUT2D eigenvalue weighted by Gasteiger charge is -1.99. The van der Waals surface area contributed by atoms with Crippen LogP contribution in [0, 0.1) is 7.11 Å². The van der Waals surface area contributed by atoms with E-state index in [4.69, 9.17) is 10.5 Å².